The maximum atomic E-state index is 13.0. The normalized spacial score (nSPS) is 13.5. The molecule has 0 aliphatic carbocycles. The third-order valence-corrected chi connectivity index (χ3v) is 2.82. The monoisotopic (exact) mass is 343 g/mol. The topological polar surface area (TPSA) is 57.6 Å². The van der Waals surface area contributed by atoms with Crippen LogP contribution in [0.4, 0.5) is 26.3 Å². The van der Waals surface area contributed by atoms with Crippen LogP contribution in [-0.2, 0) is 16.1 Å². The highest BCUT2D eigenvalue weighted by Crippen LogP contribution is 2.32. The van der Waals surface area contributed by atoms with Crippen LogP contribution in [-0.4, -0.2) is 40.3 Å². The summed E-state index contributed by atoms with van der Waals surface area (Å²) in [5, 5.41) is 8.53. The van der Waals surface area contributed by atoms with E-state index in [2.05, 4.69) is 0 Å². The lowest BCUT2D eigenvalue weighted by Crippen LogP contribution is -2.53. The van der Waals surface area contributed by atoms with Crippen molar-refractivity contribution in [1.82, 2.24) is 4.90 Å². The van der Waals surface area contributed by atoms with Crippen molar-refractivity contribution >= 4 is 11.9 Å². The predicted molar refractivity (Wildman–Crippen MR) is 65.1 cm³/mol. The van der Waals surface area contributed by atoms with E-state index in [1.54, 1.807) is 0 Å². The Morgan fingerprint density at radius 3 is 1.96 bits per heavy atom. The third kappa shape index (κ3) is 5.46. The first kappa shape index (κ1) is 18.8. The fourth-order valence-electron chi connectivity index (χ4n) is 1.83. The summed E-state index contributed by atoms with van der Waals surface area (Å²) in [6.45, 7) is -1.02. The van der Waals surface area contributed by atoms with Crippen LogP contribution in [0.25, 0.3) is 0 Å². The molecule has 0 saturated heterocycles. The zero-order valence-electron chi connectivity index (χ0n) is 11.4. The summed E-state index contributed by atoms with van der Waals surface area (Å²) in [6.07, 6.45) is -12.6. The number of hydrogen-bond acceptors (Lipinski definition) is 2. The van der Waals surface area contributed by atoms with Gasteiger partial charge in [0.15, 0.2) is 0 Å². The van der Waals surface area contributed by atoms with Crippen molar-refractivity contribution in [2.75, 3.05) is 0 Å². The Morgan fingerprint density at radius 1 is 1.04 bits per heavy atom. The summed E-state index contributed by atoms with van der Waals surface area (Å²) < 4.78 is 76.6. The zero-order valence-corrected chi connectivity index (χ0v) is 11.4. The number of carbonyl (C=O) groups is 2. The van der Waals surface area contributed by atoms with E-state index in [0.29, 0.717) is 0 Å². The van der Waals surface area contributed by atoms with E-state index < -0.39 is 48.1 Å². The molecule has 10 heteroatoms. The molecule has 1 atom stereocenters. The number of carboxylic acids is 1. The molecule has 0 saturated carbocycles. The summed E-state index contributed by atoms with van der Waals surface area (Å²) in [6, 6.07) is 3.58. The number of amides is 1. The van der Waals surface area contributed by atoms with Crippen molar-refractivity contribution in [2.45, 2.75) is 31.4 Å². The van der Waals surface area contributed by atoms with Crippen LogP contribution in [0.2, 0.25) is 0 Å². The molecule has 23 heavy (non-hydrogen) atoms. The second-order valence-corrected chi connectivity index (χ2v) is 4.57. The first-order chi connectivity index (χ1) is 10.4. The van der Waals surface area contributed by atoms with Gasteiger partial charge in [0.25, 0.3) is 0 Å². The highest BCUT2D eigenvalue weighted by atomic mass is 19.4. The fourth-order valence-corrected chi connectivity index (χ4v) is 1.83. The maximum absolute atomic E-state index is 13.0. The van der Waals surface area contributed by atoms with Gasteiger partial charge in [-0.1, -0.05) is 30.3 Å². The number of aliphatic carboxylic acids is 1. The molecule has 0 aromatic heterocycles. The number of carboxylic acid groups (broad SMARTS) is 1. The van der Waals surface area contributed by atoms with Gasteiger partial charge in [-0.25, -0.2) is 0 Å². The van der Waals surface area contributed by atoms with Gasteiger partial charge in [0.05, 0.1) is 6.42 Å². The lowest BCUT2D eigenvalue weighted by molar-refractivity contribution is -0.217. The van der Waals surface area contributed by atoms with Gasteiger partial charge < -0.3 is 10.0 Å². The SMILES string of the molecule is O=C(O)CC(N(Cc1ccccc1)C(=O)C(F)(F)F)C(F)(F)F. The van der Waals surface area contributed by atoms with Gasteiger partial charge in [-0.3, -0.25) is 9.59 Å². The van der Waals surface area contributed by atoms with Crippen LogP contribution < -0.4 is 0 Å². The van der Waals surface area contributed by atoms with Crippen LogP contribution in [0.5, 0.6) is 0 Å². The molecule has 1 rings (SSSR count). The van der Waals surface area contributed by atoms with Crippen molar-refractivity contribution in [3.63, 3.8) is 0 Å². The second-order valence-electron chi connectivity index (χ2n) is 4.57. The summed E-state index contributed by atoms with van der Waals surface area (Å²) in [7, 11) is 0. The predicted octanol–water partition coefficient (Wildman–Crippen LogP) is 2.98. The van der Waals surface area contributed by atoms with Gasteiger partial charge in [-0.2, -0.15) is 26.3 Å². The smallest absolute Gasteiger partial charge is 0.471 e. The number of hydrogen-bond donors (Lipinski definition) is 1. The van der Waals surface area contributed by atoms with E-state index in [9.17, 15) is 35.9 Å². The molecular formula is C13H11F6NO3. The Morgan fingerprint density at radius 2 is 1.57 bits per heavy atom. The average molecular weight is 343 g/mol. The number of carbonyl (C=O) groups excluding carboxylic acids is 1. The number of alkyl halides is 6. The molecule has 1 aromatic rings. The fraction of sp³-hybridized carbons (Fsp3) is 0.385. The minimum Gasteiger partial charge on any atom is -0.481 e. The maximum Gasteiger partial charge on any atom is 0.471 e. The van der Waals surface area contributed by atoms with E-state index in [1.165, 1.54) is 30.3 Å². The van der Waals surface area contributed by atoms with Crippen LogP contribution >= 0.6 is 0 Å². The molecule has 128 valence electrons. The molecule has 0 spiro atoms. The lowest BCUT2D eigenvalue weighted by Gasteiger charge is -2.32. The molecule has 0 heterocycles. The molecular weight excluding hydrogens is 332 g/mol. The summed E-state index contributed by atoms with van der Waals surface area (Å²) >= 11 is 0. The minimum absolute atomic E-state index is 0.00439. The van der Waals surface area contributed by atoms with Gasteiger partial charge in [0.1, 0.15) is 6.04 Å². The Hall–Kier alpha value is -2.26. The molecule has 0 radical (unpaired) electrons. The molecule has 1 unspecified atom stereocenters. The molecule has 0 aliphatic rings. The highest BCUT2D eigenvalue weighted by molar-refractivity contribution is 5.83. The molecule has 1 amide bonds. The second kappa shape index (κ2) is 6.88. The van der Waals surface area contributed by atoms with Crippen molar-refractivity contribution in [2.24, 2.45) is 0 Å². The Kier molecular flexibility index (Phi) is 5.62. The number of rotatable bonds is 5. The Labute approximate surface area is 126 Å². The van der Waals surface area contributed by atoms with Gasteiger partial charge in [0.2, 0.25) is 0 Å². The Balaban J connectivity index is 3.24. The molecule has 1 aromatic carbocycles. The standard InChI is InChI=1S/C13H11F6NO3/c14-12(15,16)9(6-10(21)22)20(11(23)13(17,18)19)7-8-4-2-1-3-5-8/h1-5,9H,6-7H2,(H,21,22). The number of halogens is 6. The third-order valence-electron chi connectivity index (χ3n) is 2.82. The average Bonchev–Trinajstić information content (AvgIpc) is 2.40. The van der Waals surface area contributed by atoms with Crippen molar-refractivity contribution in [3.8, 4) is 0 Å². The van der Waals surface area contributed by atoms with Crippen LogP contribution in [0, 0.1) is 0 Å². The van der Waals surface area contributed by atoms with Gasteiger partial charge in [-0.15, -0.1) is 0 Å². The van der Waals surface area contributed by atoms with E-state index in [-0.39, 0.29) is 5.56 Å². The first-order valence-corrected chi connectivity index (χ1v) is 6.13. The van der Waals surface area contributed by atoms with Crippen LogP contribution in [0.1, 0.15) is 12.0 Å². The summed E-state index contributed by atoms with van der Waals surface area (Å²) in [5.74, 6) is -4.72. The highest BCUT2D eigenvalue weighted by Gasteiger charge is 2.52. The van der Waals surface area contributed by atoms with Crippen molar-refractivity contribution < 1.29 is 41.0 Å². The largest absolute Gasteiger partial charge is 0.481 e. The Bertz CT molecular complexity index is 555. The van der Waals surface area contributed by atoms with Crippen molar-refractivity contribution in [3.05, 3.63) is 35.9 Å². The molecule has 4 nitrogen and oxygen atoms in total. The number of nitrogens with zero attached hydrogens (tertiary/aromatic N) is 1. The van der Waals surface area contributed by atoms with Gasteiger partial charge in [-0.05, 0) is 5.56 Å². The molecule has 1 N–H and O–H groups in total. The van der Waals surface area contributed by atoms with E-state index in [0.717, 1.165) is 0 Å². The van der Waals surface area contributed by atoms with Crippen LogP contribution in [0.3, 0.4) is 0 Å². The quantitative estimate of drug-likeness (QED) is 0.837. The molecule has 0 fully saturated rings. The summed E-state index contributed by atoms with van der Waals surface area (Å²) in [5.41, 5.74) is 0.00439. The number of benzene rings is 1. The summed E-state index contributed by atoms with van der Waals surface area (Å²) in [4.78, 5) is 21.4. The van der Waals surface area contributed by atoms with E-state index in [4.69, 9.17) is 5.11 Å². The molecule has 0 bridgehead atoms. The molecule has 0 aliphatic heterocycles. The van der Waals surface area contributed by atoms with E-state index >= 15 is 0 Å². The lowest BCUT2D eigenvalue weighted by atomic mass is 10.1. The van der Waals surface area contributed by atoms with Gasteiger partial charge in [0, 0.05) is 6.54 Å². The van der Waals surface area contributed by atoms with Gasteiger partial charge >= 0.3 is 24.2 Å². The first-order valence-electron chi connectivity index (χ1n) is 6.13. The minimum atomic E-state index is -5.56. The van der Waals surface area contributed by atoms with Crippen molar-refractivity contribution in [1.29, 1.82) is 0 Å². The zero-order chi connectivity index (χ0) is 17.8. The van der Waals surface area contributed by atoms with E-state index in [1.807, 2.05) is 0 Å². The van der Waals surface area contributed by atoms with Crippen LogP contribution in [0.15, 0.2) is 30.3 Å².